The first kappa shape index (κ1) is 14.6. The van der Waals surface area contributed by atoms with Crippen molar-refractivity contribution in [1.82, 2.24) is 0 Å². The van der Waals surface area contributed by atoms with E-state index in [1.807, 2.05) is 24.3 Å². The van der Waals surface area contributed by atoms with Crippen LogP contribution in [0.15, 0.2) is 77.0 Å². The van der Waals surface area contributed by atoms with Gasteiger partial charge in [0.15, 0.2) is 0 Å². The second kappa shape index (κ2) is 5.81. The van der Waals surface area contributed by atoms with Crippen LogP contribution in [0.25, 0.3) is 10.8 Å². The summed E-state index contributed by atoms with van der Waals surface area (Å²) in [6.45, 7) is 0. The Hall–Kier alpha value is -2.33. The third-order valence-corrected chi connectivity index (χ3v) is 4.25. The Balaban J connectivity index is 2.17. The van der Waals surface area contributed by atoms with Crippen molar-refractivity contribution in [3.63, 3.8) is 0 Å². The maximum Gasteiger partial charge on any atom is 0.359 e. The third-order valence-electron chi connectivity index (χ3n) is 3.20. The number of azo groups is 1. The van der Waals surface area contributed by atoms with Gasteiger partial charge in [0, 0.05) is 0 Å². The van der Waals surface area contributed by atoms with Crippen molar-refractivity contribution >= 4 is 35.0 Å². The first-order valence-corrected chi connectivity index (χ1v) is 8.21. The minimum absolute atomic E-state index is 0.0923. The first-order chi connectivity index (χ1) is 10.6. The van der Waals surface area contributed by atoms with Gasteiger partial charge in [-0.05, 0) is 29.0 Å². The van der Waals surface area contributed by atoms with E-state index in [0.717, 1.165) is 5.39 Å². The molecule has 6 heteroatoms. The highest BCUT2D eigenvalue weighted by atomic mass is 31.2. The summed E-state index contributed by atoms with van der Waals surface area (Å²) in [7, 11) is -4.48. The third kappa shape index (κ3) is 2.97. The van der Waals surface area contributed by atoms with Gasteiger partial charge >= 0.3 is 7.60 Å². The Kier molecular flexibility index (Phi) is 3.86. The van der Waals surface area contributed by atoms with Crippen molar-refractivity contribution in [2.24, 2.45) is 10.2 Å². The molecule has 0 aliphatic heterocycles. The maximum atomic E-state index is 11.9. The molecule has 0 radical (unpaired) electrons. The first-order valence-electron chi connectivity index (χ1n) is 6.60. The van der Waals surface area contributed by atoms with Crippen LogP contribution < -0.4 is 5.30 Å². The van der Waals surface area contributed by atoms with Crippen LogP contribution in [0.3, 0.4) is 0 Å². The lowest BCUT2D eigenvalue weighted by molar-refractivity contribution is 0.388. The van der Waals surface area contributed by atoms with E-state index in [9.17, 15) is 14.4 Å². The quantitative estimate of drug-likeness (QED) is 0.565. The summed E-state index contributed by atoms with van der Waals surface area (Å²) >= 11 is 0. The van der Waals surface area contributed by atoms with Crippen molar-refractivity contribution in [2.45, 2.75) is 0 Å². The van der Waals surface area contributed by atoms with Crippen LogP contribution in [-0.4, -0.2) is 9.79 Å². The van der Waals surface area contributed by atoms with Gasteiger partial charge in [0.05, 0.1) is 11.0 Å². The van der Waals surface area contributed by atoms with Crippen LogP contribution in [0, 0.1) is 0 Å². The van der Waals surface area contributed by atoms with Gasteiger partial charge in [-0.3, -0.25) is 4.57 Å². The summed E-state index contributed by atoms with van der Waals surface area (Å²) in [5.74, 6) is 0. The summed E-state index contributed by atoms with van der Waals surface area (Å²) in [6.07, 6.45) is 0. The highest BCUT2D eigenvalue weighted by Crippen LogP contribution is 2.41. The van der Waals surface area contributed by atoms with Gasteiger partial charge in [0.1, 0.15) is 5.69 Å². The molecule has 0 heterocycles. The molecular formula is C16H13N2O3P. The molecule has 22 heavy (non-hydrogen) atoms. The molecule has 0 unspecified atom stereocenters. The smallest absolute Gasteiger partial charge is 0.321 e. The molecule has 3 aromatic rings. The highest BCUT2D eigenvalue weighted by Gasteiger charge is 2.24. The number of hydrogen-bond acceptors (Lipinski definition) is 3. The lowest BCUT2D eigenvalue weighted by Crippen LogP contribution is -2.06. The maximum absolute atomic E-state index is 11.9. The van der Waals surface area contributed by atoms with Crippen LogP contribution >= 0.6 is 7.60 Å². The minimum atomic E-state index is -4.48. The lowest BCUT2D eigenvalue weighted by Gasteiger charge is -2.10. The van der Waals surface area contributed by atoms with Gasteiger partial charge in [-0.15, -0.1) is 5.11 Å². The average Bonchev–Trinajstić information content (AvgIpc) is 2.52. The standard InChI is InChI=1S/C16H13N2O3P/c19-22(20,21)16-14-9-5-4-6-12(14)10-11-15(16)18-17-13-7-2-1-3-8-13/h1-11H,(H2,19,20,21). The second-order valence-electron chi connectivity index (χ2n) is 4.73. The second-order valence-corrected chi connectivity index (χ2v) is 6.27. The zero-order valence-electron chi connectivity index (χ0n) is 11.5. The molecule has 0 saturated heterocycles. The summed E-state index contributed by atoms with van der Waals surface area (Å²) in [6, 6.07) is 19.4. The number of nitrogens with zero attached hydrogens (tertiary/aromatic N) is 2. The van der Waals surface area contributed by atoms with Gasteiger partial charge in [-0.25, -0.2) is 0 Å². The number of benzene rings is 3. The van der Waals surface area contributed by atoms with Crippen LogP contribution in [0.4, 0.5) is 11.4 Å². The molecule has 0 aromatic heterocycles. The molecule has 110 valence electrons. The van der Waals surface area contributed by atoms with Crippen molar-refractivity contribution in [2.75, 3.05) is 0 Å². The predicted octanol–water partition coefficient (Wildman–Crippen LogP) is 4.06. The van der Waals surface area contributed by atoms with Crippen molar-refractivity contribution < 1.29 is 14.4 Å². The van der Waals surface area contributed by atoms with Crippen molar-refractivity contribution in [3.05, 3.63) is 66.7 Å². The molecule has 0 atom stereocenters. The highest BCUT2D eigenvalue weighted by molar-refractivity contribution is 7.61. The molecule has 0 aliphatic rings. The Bertz CT molecular complexity index is 888. The van der Waals surface area contributed by atoms with Crippen molar-refractivity contribution in [1.29, 1.82) is 0 Å². The van der Waals surface area contributed by atoms with Gasteiger partial charge in [0.2, 0.25) is 0 Å². The van der Waals surface area contributed by atoms with E-state index in [2.05, 4.69) is 10.2 Å². The number of fused-ring (bicyclic) bond motifs is 1. The molecule has 0 aliphatic carbocycles. The Morgan fingerprint density at radius 3 is 2.18 bits per heavy atom. The zero-order chi connectivity index (χ0) is 15.6. The lowest BCUT2D eigenvalue weighted by atomic mass is 10.1. The van der Waals surface area contributed by atoms with Gasteiger partial charge in [0.25, 0.3) is 0 Å². The molecule has 2 N–H and O–H groups in total. The molecule has 5 nitrogen and oxygen atoms in total. The molecule has 0 bridgehead atoms. The van der Waals surface area contributed by atoms with Crippen LogP contribution in [0.5, 0.6) is 0 Å². The Labute approximate surface area is 127 Å². The fourth-order valence-corrected chi connectivity index (χ4v) is 3.17. The van der Waals surface area contributed by atoms with E-state index in [0.29, 0.717) is 11.1 Å². The predicted molar refractivity (Wildman–Crippen MR) is 86.2 cm³/mol. The number of rotatable bonds is 3. The minimum Gasteiger partial charge on any atom is -0.321 e. The van der Waals surface area contributed by atoms with E-state index in [-0.39, 0.29) is 11.0 Å². The average molecular weight is 312 g/mol. The van der Waals surface area contributed by atoms with E-state index in [4.69, 9.17) is 0 Å². The molecule has 0 spiro atoms. The topological polar surface area (TPSA) is 82.2 Å². The fourth-order valence-electron chi connectivity index (χ4n) is 2.24. The summed E-state index contributed by atoms with van der Waals surface area (Å²) in [5, 5.41) is 9.21. The van der Waals surface area contributed by atoms with Crippen LogP contribution in [-0.2, 0) is 4.57 Å². The SMILES string of the molecule is O=P(O)(O)c1c(N=Nc2ccccc2)ccc2ccccc12. The summed E-state index contributed by atoms with van der Waals surface area (Å²) in [4.78, 5) is 19.3. The Morgan fingerprint density at radius 2 is 1.45 bits per heavy atom. The number of hydrogen-bond donors (Lipinski definition) is 2. The van der Waals surface area contributed by atoms with Gasteiger partial charge < -0.3 is 9.79 Å². The van der Waals surface area contributed by atoms with Crippen LogP contribution in [0.2, 0.25) is 0 Å². The van der Waals surface area contributed by atoms with Gasteiger partial charge in [-0.2, -0.15) is 5.11 Å². The molecule has 3 aromatic carbocycles. The summed E-state index contributed by atoms with van der Waals surface area (Å²) in [5.41, 5.74) is 0.795. The van der Waals surface area contributed by atoms with E-state index in [1.54, 1.807) is 42.5 Å². The zero-order valence-corrected chi connectivity index (χ0v) is 12.4. The normalized spacial score (nSPS) is 12.1. The monoisotopic (exact) mass is 312 g/mol. The fraction of sp³-hybridized carbons (Fsp3) is 0. The van der Waals surface area contributed by atoms with Crippen LogP contribution in [0.1, 0.15) is 0 Å². The van der Waals surface area contributed by atoms with Gasteiger partial charge in [-0.1, -0.05) is 48.5 Å². The molecule has 0 fully saturated rings. The molecule has 0 amide bonds. The largest absolute Gasteiger partial charge is 0.359 e. The van der Waals surface area contributed by atoms with E-state index in [1.165, 1.54) is 0 Å². The molecular weight excluding hydrogens is 299 g/mol. The molecule has 3 rings (SSSR count). The summed E-state index contributed by atoms with van der Waals surface area (Å²) < 4.78 is 11.9. The molecule has 0 saturated carbocycles. The van der Waals surface area contributed by atoms with Crippen molar-refractivity contribution in [3.8, 4) is 0 Å². The van der Waals surface area contributed by atoms with E-state index >= 15 is 0 Å². The van der Waals surface area contributed by atoms with E-state index < -0.39 is 7.60 Å². The Morgan fingerprint density at radius 1 is 0.773 bits per heavy atom.